The van der Waals surface area contributed by atoms with Crippen molar-refractivity contribution < 1.29 is 10.2 Å². The first-order valence-corrected chi connectivity index (χ1v) is 6.85. The lowest BCUT2D eigenvalue weighted by molar-refractivity contribution is 0.207. The van der Waals surface area contributed by atoms with E-state index in [1.165, 1.54) is 5.56 Å². The highest BCUT2D eigenvalue weighted by Gasteiger charge is 2.29. The molecule has 1 unspecified atom stereocenters. The highest BCUT2D eigenvalue weighted by molar-refractivity contribution is 5.49. The van der Waals surface area contributed by atoms with Crippen LogP contribution >= 0.6 is 0 Å². The molecule has 0 saturated heterocycles. The lowest BCUT2D eigenvalue weighted by atomic mass is 9.87. The monoisotopic (exact) mass is 271 g/mol. The van der Waals surface area contributed by atoms with Gasteiger partial charge in [-0.2, -0.15) is 0 Å². The quantitative estimate of drug-likeness (QED) is 0.781. The van der Waals surface area contributed by atoms with Crippen LogP contribution in [0.5, 0.6) is 5.75 Å². The maximum Gasteiger partial charge on any atom is 0.115 e. The summed E-state index contributed by atoms with van der Waals surface area (Å²) in [6.45, 7) is 4.06. The molecule has 2 rings (SSSR count). The molecule has 0 heterocycles. The summed E-state index contributed by atoms with van der Waals surface area (Å²) >= 11 is 0. The highest BCUT2D eigenvalue weighted by atomic mass is 16.3. The lowest BCUT2D eigenvalue weighted by Gasteiger charge is -2.34. The first-order chi connectivity index (χ1) is 9.59. The van der Waals surface area contributed by atoms with E-state index in [0.29, 0.717) is 0 Å². The Morgan fingerprint density at radius 1 is 1.00 bits per heavy atom. The Balaban J connectivity index is 2.33. The predicted molar refractivity (Wildman–Crippen MR) is 82.0 cm³/mol. The van der Waals surface area contributed by atoms with Gasteiger partial charge in [-0.25, -0.2) is 0 Å². The van der Waals surface area contributed by atoms with Gasteiger partial charge in [0.05, 0.1) is 12.1 Å². The van der Waals surface area contributed by atoms with Crippen LogP contribution in [0.25, 0.3) is 0 Å². The molecule has 0 aromatic heterocycles. The van der Waals surface area contributed by atoms with E-state index in [0.717, 1.165) is 17.7 Å². The minimum atomic E-state index is -0.539. The first kappa shape index (κ1) is 14.4. The fraction of sp³-hybridized carbons (Fsp3) is 0.294. The number of aryl methyl sites for hydroxylation is 1. The normalized spacial score (nSPS) is 13.8. The van der Waals surface area contributed by atoms with Crippen LogP contribution in [0, 0.1) is 6.92 Å². The van der Waals surface area contributed by atoms with Crippen molar-refractivity contribution in [2.24, 2.45) is 0 Å². The van der Waals surface area contributed by atoms with Crippen LogP contribution in [0.3, 0.4) is 0 Å². The summed E-state index contributed by atoms with van der Waals surface area (Å²) in [5, 5.41) is 22.7. The van der Waals surface area contributed by atoms with Crippen molar-refractivity contribution in [2.45, 2.75) is 25.8 Å². The molecule has 2 aromatic rings. The summed E-state index contributed by atoms with van der Waals surface area (Å²) in [5.74, 6) is 0.229. The van der Waals surface area contributed by atoms with Crippen LogP contribution in [0.1, 0.15) is 24.5 Å². The smallest absolute Gasteiger partial charge is 0.115 e. The van der Waals surface area contributed by atoms with Crippen molar-refractivity contribution in [2.75, 3.05) is 11.9 Å². The number of hydrogen-bond acceptors (Lipinski definition) is 3. The molecule has 0 radical (unpaired) electrons. The van der Waals surface area contributed by atoms with Crippen LogP contribution in [0.15, 0.2) is 48.5 Å². The second-order valence-electron chi connectivity index (χ2n) is 5.13. The second-order valence-corrected chi connectivity index (χ2v) is 5.13. The number of nitrogens with one attached hydrogen (secondary N) is 1. The Labute approximate surface area is 119 Å². The number of aliphatic hydroxyl groups is 1. The van der Waals surface area contributed by atoms with Crippen LogP contribution in [-0.4, -0.2) is 16.8 Å². The topological polar surface area (TPSA) is 52.5 Å². The van der Waals surface area contributed by atoms with Gasteiger partial charge >= 0.3 is 0 Å². The molecule has 0 aliphatic heterocycles. The van der Waals surface area contributed by atoms with Gasteiger partial charge in [-0.3, -0.25) is 0 Å². The van der Waals surface area contributed by atoms with E-state index >= 15 is 0 Å². The number of aliphatic hydroxyl groups excluding tert-OH is 1. The molecule has 0 spiro atoms. The number of anilines is 1. The summed E-state index contributed by atoms with van der Waals surface area (Å²) in [4.78, 5) is 0. The Bertz CT molecular complexity index is 542. The maximum absolute atomic E-state index is 9.89. The summed E-state index contributed by atoms with van der Waals surface area (Å²) in [6.07, 6.45) is 0.738. The lowest BCUT2D eigenvalue weighted by Crippen LogP contribution is -2.38. The van der Waals surface area contributed by atoms with E-state index in [2.05, 4.69) is 5.32 Å². The predicted octanol–water partition coefficient (Wildman–Crippen LogP) is 3.41. The molecule has 20 heavy (non-hydrogen) atoms. The third kappa shape index (κ3) is 2.94. The number of benzene rings is 2. The number of hydrogen-bond donors (Lipinski definition) is 3. The Hall–Kier alpha value is -2.00. The standard InChI is InChI=1S/C17H21NO2/c1-3-17(12-19,14-6-10-16(20)11-7-14)18-15-8-4-13(2)5-9-15/h4-11,18-20H,3,12H2,1-2H3. The van der Waals surface area contributed by atoms with Crippen molar-refractivity contribution in [3.63, 3.8) is 0 Å². The number of phenolic OH excluding ortho intramolecular Hbond substituents is 1. The number of aromatic hydroxyl groups is 1. The average Bonchev–Trinajstić information content (AvgIpc) is 2.48. The molecule has 0 bridgehead atoms. The van der Waals surface area contributed by atoms with E-state index < -0.39 is 5.54 Å². The molecule has 0 saturated carbocycles. The van der Waals surface area contributed by atoms with Gasteiger partial charge in [0.25, 0.3) is 0 Å². The summed E-state index contributed by atoms with van der Waals surface area (Å²) in [7, 11) is 0. The fourth-order valence-corrected chi connectivity index (χ4v) is 2.30. The van der Waals surface area contributed by atoms with Gasteiger partial charge < -0.3 is 15.5 Å². The van der Waals surface area contributed by atoms with Gasteiger partial charge in [-0.15, -0.1) is 0 Å². The molecule has 1 atom stereocenters. The van der Waals surface area contributed by atoms with Gasteiger partial charge in [0.15, 0.2) is 0 Å². The highest BCUT2D eigenvalue weighted by Crippen LogP contribution is 2.30. The molecule has 0 amide bonds. The van der Waals surface area contributed by atoms with E-state index in [1.807, 2.05) is 50.2 Å². The zero-order valence-corrected chi connectivity index (χ0v) is 11.9. The average molecular weight is 271 g/mol. The third-order valence-electron chi connectivity index (χ3n) is 3.73. The molecule has 106 valence electrons. The Kier molecular flexibility index (Phi) is 4.30. The summed E-state index contributed by atoms with van der Waals surface area (Å²) in [6, 6.07) is 15.1. The first-order valence-electron chi connectivity index (χ1n) is 6.85. The van der Waals surface area contributed by atoms with Crippen LogP contribution in [0.4, 0.5) is 5.69 Å². The van der Waals surface area contributed by atoms with E-state index in [9.17, 15) is 10.2 Å². The van der Waals surface area contributed by atoms with E-state index in [1.54, 1.807) is 12.1 Å². The van der Waals surface area contributed by atoms with Gasteiger partial charge in [0, 0.05) is 5.69 Å². The molecule has 3 nitrogen and oxygen atoms in total. The minimum Gasteiger partial charge on any atom is -0.508 e. The van der Waals surface area contributed by atoms with Gasteiger partial charge in [0.2, 0.25) is 0 Å². The Morgan fingerprint density at radius 2 is 1.60 bits per heavy atom. The minimum absolute atomic E-state index is 0.0118. The van der Waals surface area contributed by atoms with Crippen molar-refractivity contribution in [3.8, 4) is 5.75 Å². The number of rotatable bonds is 5. The van der Waals surface area contributed by atoms with Crippen molar-refractivity contribution in [1.29, 1.82) is 0 Å². The molecule has 0 fully saturated rings. The summed E-state index contributed by atoms with van der Waals surface area (Å²) in [5.41, 5.74) is 2.59. The van der Waals surface area contributed by atoms with E-state index in [4.69, 9.17) is 0 Å². The molecular weight excluding hydrogens is 250 g/mol. The summed E-state index contributed by atoms with van der Waals surface area (Å²) < 4.78 is 0. The van der Waals surface area contributed by atoms with Crippen LogP contribution in [-0.2, 0) is 5.54 Å². The molecule has 0 aliphatic rings. The molecule has 0 aliphatic carbocycles. The molecule has 3 N–H and O–H groups in total. The van der Waals surface area contributed by atoms with Gasteiger partial charge in [-0.1, -0.05) is 36.8 Å². The fourth-order valence-electron chi connectivity index (χ4n) is 2.30. The van der Waals surface area contributed by atoms with Crippen molar-refractivity contribution in [3.05, 3.63) is 59.7 Å². The number of phenols is 1. The largest absolute Gasteiger partial charge is 0.508 e. The van der Waals surface area contributed by atoms with Crippen LogP contribution < -0.4 is 5.32 Å². The molecular formula is C17H21NO2. The zero-order chi connectivity index (χ0) is 14.6. The molecule has 3 heteroatoms. The van der Waals surface area contributed by atoms with Crippen LogP contribution in [0.2, 0.25) is 0 Å². The Morgan fingerprint density at radius 3 is 2.10 bits per heavy atom. The zero-order valence-electron chi connectivity index (χ0n) is 11.9. The van der Waals surface area contributed by atoms with Gasteiger partial charge in [0.1, 0.15) is 5.75 Å². The third-order valence-corrected chi connectivity index (χ3v) is 3.73. The second kappa shape index (κ2) is 5.97. The van der Waals surface area contributed by atoms with Crippen molar-refractivity contribution in [1.82, 2.24) is 0 Å². The maximum atomic E-state index is 9.89. The molecule has 2 aromatic carbocycles. The van der Waals surface area contributed by atoms with E-state index in [-0.39, 0.29) is 12.4 Å². The SMILES string of the molecule is CCC(CO)(Nc1ccc(C)cc1)c1ccc(O)cc1. The van der Waals surface area contributed by atoms with Gasteiger partial charge in [-0.05, 0) is 43.2 Å². The van der Waals surface area contributed by atoms with Crippen molar-refractivity contribution >= 4 is 5.69 Å².